The largest absolute Gasteiger partial charge is 0.474 e. The number of hydrogen-bond donors (Lipinski definition) is 2. The fourth-order valence-electron chi connectivity index (χ4n) is 4.57. The van der Waals surface area contributed by atoms with Crippen molar-refractivity contribution in [1.29, 1.82) is 0 Å². The average molecular weight is 505 g/mol. The number of ether oxygens (including phenoxy) is 2. The molecule has 13 heteroatoms. The van der Waals surface area contributed by atoms with Crippen LogP contribution in [0.2, 0.25) is 0 Å². The second kappa shape index (κ2) is 9.96. The molecule has 194 valence electrons. The van der Waals surface area contributed by atoms with Crippen molar-refractivity contribution in [2.75, 3.05) is 50.5 Å². The van der Waals surface area contributed by atoms with Gasteiger partial charge in [-0.25, -0.2) is 28.5 Å². The van der Waals surface area contributed by atoms with Crippen molar-refractivity contribution >= 4 is 17.9 Å². The lowest BCUT2D eigenvalue weighted by molar-refractivity contribution is -0.108. The van der Waals surface area contributed by atoms with Gasteiger partial charge in [0.2, 0.25) is 23.7 Å². The van der Waals surface area contributed by atoms with Gasteiger partial charge in [0.15, 0.2) is 0 Å². The number of nitrogens with two attached hydrogens (primary N) is 1. The van der Waals surface area contributed by atoms with Gasteiger partial charge in [0.1, 0.15) is 6.10 Å². The Bertz CT molecular complexity index is 1070. The molecule has 0 aromatic carbocycles. The van der Waals surface area contributed by atoms with Crippen LogP contribution in [-0.2, 0) is 4.74 Å². The Morgan fingerprint density at radius 2 is 1.94 bits per heavy atom. The van der Waals surface area contributed by atoms with Crippen molar-refractivity contribution in [3.05, 3.63) is 18.5 Å². The van der Waals surface area contributed by atoms with Gasteiger partial charge in [0.25, 0.3) is 0 Å². The molecule has 3 aliphatic rings. The molecule has 5 rings (SSSR count). The van der Waals surface area contributed by atoms with E-state index >= 15 is 0 Å². The minimum atomic E-state index is -2.58. The smallest absolute Gasteiger partial charge is 0.317 e. The van der Waals surface area contributed by atoms with Crippen LogP contribution in [0.25, 0.3) is 11.3 Å². The normalized spacial score (nSPS) is 23.4. The Balaban J connectivity index is 1.19. The van der Waals surface area contributed by atoms with E-state index in [1.807, 2.05) is 4.90 Å². The summed E-state index contributed by atoms with van der Waals surface area (Å²) in [5.74, 6) is -1.59. The van der Waals surface area contributed by atoms with Gasteiger partial charge in [-0.3, -0.25) is 0 Å². The van der Waals surface area contributed by atoms with Crippen LogP contribution in [-0.4, -0.2) is 88.8 Å². The van der Waals surface area contributed by atoms with Crippen LogP contribution in [0.4, 0.5) is 25.5 Å². The van der Waals surface area contributed by atoms with Crippen LogP contribution in [0.1, 0.15) is 25.7 Å². The molecular formula is C23H30F2N8O3. The minimum Gasteiger partial charge on any atom is -0.474 e. The Kier molecular flexibility index (Phi) is 6.73. The number of hydrogen-bond acceptors (Lipinski definition) is 9. The third-order valence-electron chi connectivity index (χ3n) is 6.89. The summed E-state index contributed by atoms with van der Waals surface area (Å²) in [5, 5.41) is 2.76. The molecule has 0 unspecified atom stereocenters. The molecule has 2 aliphatic carbocycles. The maximum absolute atomic E-state index is 13.0. The monoisotopic (exact) mass is 504 g/mol. The first-order valence-electron chi connectivity index (χ1n) is 12.1. The second-order valence-electron chi connectivity index (χ2n) is 9.61. The summed E-state index contributed by atoms with van der Waals surface area (Å²) in [4.78, 5) is 33.5. The van der Waals surface area contributed by atoms with E-state index in [0.717, 1.165) is 0 Å². The lowest BCUT2D eigenvalue weighted by Gasteiger charge is -2.41. The molecule has 0 bridgehead atoms. The lowest BCUT2D eigenvalue weighted by Crippen LogP contribution is -2.54. The fourth-order valence-corrected chi connectivity index (χ4v) is 4.57. The summed E-state index contributed by atoms with van der Waals surface area (Å²) in [6.45, 7) is 2.80. The van der Waals surface area contributed by atoms with Crippen LogP contribution in [0.15, 0.2) is 18.5 Å². The number of amides is 2. The minimum absolute atomic E-state index is 0.00310. The van der Waals surface area contributed by atoms with Gasteiger partial charge >= 0.3 is 6.03 Å². The molecule has 0 atom stereocenters. The van der Waals surface area contributed by atoms with Crippen molar-refractivity contribution in [2.45, 2.75) is 43.8 Å². The molecule has 1 saturated heterocycles. The topological polar surface area (TPSA) is 132 Å². The van der Waals surface area contributed by atoms with E-state index in [-0.39, 0.29) is 49.4 Å². The number of nitrogens with one attached hydrogen (secondary N) is 1. The summed E-state index contributed by atoms with van der Waals surface area (Å²) >= 11 is 0. The third kappa shape index (κ3) is 5.55. The van der Waals surface area contributed by atoms with Crippen LogP contribution in [0.5, 0.6) is 5.88 Å². The van der Waals surface area contributed by atoms with E-state index in [9.17, 15) is 13.6 Å². The van der Waals surface area contributed by atoms with Gasteiger partial charge in [0, 0.05) is 82.4 Å². The summed E-state index contributed by atoms with van der Waals surface area (Å²) < 4.78 is 37.6. The second-order valence-corrected chi connectivity index (χ2v) is 9.61. The molecule has 3 fully saturated rings. The maximum atomic E-state index is 13.0. The Morgan fingerprint density at radius 1 is 1.25 bits per heavy atom. The van der Waals surface area contributed by atoms with E-state index in [1.54, 1.807) is 30.4 Å². The van der Waals surface area contributed by atoms with Gasteiger partial charge in [-0.15, -0.1) is 0 Å². The number of nitrogen functional groups attached to an aromatic ring is 1. The van der Waals surface area contributed by atoms with Crippen LogP contribution in [0, 0.1) is 5.92 Å². The number of anilines is 2. The molecule has 3 heterocycles. The Labute approximate surface area is 207 Å². The molecule has 2 aromatic heterocycles. The SMILES string of the molecule is CN(C(=O)NCC1CC(F)(F)C1)[C@H]1C[C@H](Oc2cc(-c3cnc(N)nc3)nc(N3CCOCC3)n2)C1. The van der Waals surface area contributed by atoms with Gasteiger partial charge < -0.3 is 30.3 Å². The highest BCUT2D eigenvalue weighted by Crippen LogP contribution is 2.42. The number of carbonyl (C=O) groups is 1. The Morgan fingerprint density at radius 3 is 2.61 bits per heavy atom. The van der Waals surface area contributed by atoms with Crippen molar-refractivity contribution in [2.24, 2.45) is 5.92 Å². The van der Waals surface area contributed by atoms with Gasteiger partial charge in [-0.1, -0.05) is 0 Å². The van der Waals surface area contributed by atoms with E-state index in [4.69, 9.17) is 15.2 Å². The number of morpholine rings is 1. The van der Waals surface area contributed by atoms with E-state index in [1.165, 1.54) is 0 Å². The number of carbonyl (C=O) groups excluding carboxylic acids is 1. The average Bonchev–Trinajstić information content (AvgIpc) is 2.83. The summed E-state index contributed by atoms with van der Waals surface area (Å²) in [6, 6.07) is 1.50. The van der Waals surface area contributed by atoms with Crippen molar-refractivity contribution in [1.82, 2.24) is 30.2 Å². The predicted molar refractivity (Wildman–Crippen MR) is 127 cm³/mol. The molecule has 11 nitrogen and oxygen atoms in total. The first-order chi connectivity index (χ1) is 17.3. The maximum Gasteiger partial charge on any atom is 0.317 e. The van der Waals surface area contributed by atoms with Gasteiger partial charge in [-0.05, 0) is 5.92 Å². The predicted octanol–water partition coefficient (Wildman–Crippen LogP) is 1.95. The number of nitrogens with zero attached hydrogens (tertiary/aromatic N) is 6. The molecule has 0 radical (unpaired) electrons. The highest BCUT2D eigenvalue weighted by Gasteiger charge is 2.45. The van der Waals surface area contributed by atoms with Crippen molar-refractivity contribution < 1.29 is 23.0 Å². The summed E-state index contributed by atoms with van der Waals surface area (Å²) in [6.07, 6.45) is 4.06. The number of rotatable bonds is 7. The molecule has 2 aromatic rings. The standard InChI is InChI=1S/C23H30F2N8O3/c1-32(22(34)29-11-14-9-23(24,25)10-14)16-6-17(7-16)36-19-8-18(15-12-27-20(26)28-13-15)30-21(31-19)33-2-4-35-5-3-33/h8,12-14,16-17H,2-7,9-11H2,1H3,(H,29,34)(H2,26,27,28)/t16-,17-. The zero-order valence-electron chi connectivity index (χ0n) is 20.1. The zero-order chi connectivity index (χ0) is 25.3. The summed E-state index contributed by atoms with van der Waals surface area (Å²) in [5.41, 5.74) is 6.94. The first kappa shape index (κ1) is 24.3. The van der Waals surface area contributed by atoms with E-state index in [2.05, 4.69) is 25.3 Å². The van der Waals surface area contributed by atoms with E-state index in [0.29, 0.717) is 62.2 Å². The molecule has 1 aliphatic heterocycles. The molecule has 3 N–H and O–H groups in total. The number of aromatic nitrogens is 4. The van der Waals surface area contributed by atoms with E-state index < -0.39 is 5.92 Å². The fraction of sp³-hybridized carbons (Fsp3) is 0.609. The number of alkyl halides is 2. The van der Waals surface area contributed by atoms with Crippen molar-refractivity contribution in [3.8, 4) is 17.1 Å². The van der Waals surface area contributed by atoms with Gasteiger partial charge in [-0.2, -0.15) is 4.98 Å². The quantitative estimate of drug-likeness (QED) is 0.581. The first-order valence-corrected chi connectivity index (χ1v) is 12.1. The van der Waals surface area contributed by atoms with Gasteiger partial charge in [0.05, 0.1) is 18.9 Å². The van der Waals surface area contributed by atoms with Crippen LogP contribution < -0.4 is 20.7 Å². The highest BCUT2D eigenvalue weighted by molar-refractivity contribution is 5.74. The molecular weight excluding hydrogens is 474 g/mol. The van der Waals surface area contributed by atoms with Crippen LogP contribution >= 0.6 is 0 Å². The molecule has 2 saturated carbocycles. The number of urea groups is 1. The number of halogens is 2. The zero-order valence-corrected chi connectivity index (χ0v) is 20.1. The summed E-state index contributed by atoms with van der Waals surface area (Å²) in [7, 11) is 1.71. The molecule has 2 amide bonds. The molecule has 0 spiro atoms. The Hall–Kier alpha value is -3.35. The highest BCUT2D eigenvalue weighted by atomic mass is 19.3. The third-order valence-corrected chi connectivity index (χ3v) is 6.89. The van der Waals surface area contributed by atoms with Crippen LogP contribution in [0.3, 0.4) is 0 Å². The molecule has 36 heavy (non-hydrogen) atoms. The van der Waals surface area contributed by atoms with Crippen molar-refractivity contribution in [3.63, 3.8) is 0 Å². The lowest BCUT2D eigenvalue weighted by atomic mass is 9.81.